The molecule has 0 radical (unpaired) electrons. The van der Waals surface area contributed by atoms with Gasteiger partial charge in [-0.2, -0.15) is 13.2 Å². The second kappa shape index (κ2) is 11.3. The molecule has 0 saturated heterocycles. The number of carboxylic acid groups (broad SMARTS) is 1. The van der Waals surface area contributed by atoms with E-state index in [1.807, 2.05) is 24.3 Å². The summed E-state index contributed by atoms with van der Waals surface area (Å²) in [5, 5.41) is 15.8. The summed E-state index contributed by atoms with van der Waals surface area (Å²) in [4.78, 5) is 15.9. The molecule has 0 heterocycles. The second-order valence-electron chi connectivity index (χ2n) is 8.37. The first kappa shape index (κ1) is 24.8. The summed E-state index contributed by atoms with van der Waals surface area (Å²) < 4.78 is 40.9. The number of benzene rings is 2. The van der Waals surface area contributed by atoms with Crippen LogP contribution in [-0.4, -0.2) is 23.3 Å². The Morgan fingerprint density at radius 3 is 2.42 bits per heavy atom. The van der Waals surface area contributed by atoms with E-state index in [-0.39, 0.29) is 18.9 Å². The molecule has 1 fully saturated rings. The van der Waals surface area contributed by atoms with Crippen molar-refractivity contribution in [1.82, 2.24) is 5.32 Å². The Hall–Kier alpha value is -2.87. The van der Waals surface area contributed by atoms with Crippen LogP contribution in [0.5, 0.6) is 0 Å². The molecule has 1 aliphatic rings. The first-order valence-electron chi connectivity index (χ1n) is 11.1. The van der Waals surface area contributed by atoms with E-state index >= 15 is 0 Å². The minimum Gasteiger partial charge on any atom is -0.481 e. The third-order valence-electron chi connectivity index (χ3n) is 5.87. The SMILES string of the molecule is CC(=NOCc1ccc(C2CCCC2)c(C(F)(F)F)c1)c1ccc(CNCCC(=O)O)cc1. The summed E-state index contributed by atoms with van der Waals surface area (Å²) in [6.07, 6.45) is -0.766. The first-order chi connectivity index (χ1) is 15.7. The lowest BCUT2D eigenvalue weighted by Gasteiger charge is -2.18. The van der Waals surface area contributed by atoms with Gasteiger partial charge in [0.15, 0.2) is 0 Å². The van der Waals surface area contributed by atoms with Gasteiger partial charge in [-0.3, -0.25) is 4.79 Å². The summed E-state index contributed by atoms with van der Waals surface area (Å²) in [6.45, 7) is 2.67. The standard InChI is InChI=1S/C25H29F3N2O3/c1-17(20-9-6-18(7-10-20)15-29-13-12-24(31)32)30-33-16-19-8-11-22(21-4-2-3-5-21)23(14-19)25(26,27)28/h6-11,14,21,29H,2-5,12-13,15-16H2,1H3,(H,31,32). The van der Waals surface area contributed by atoms with Gasteiger partial charge in [0.1, 0.15) is 6.61 Å². The zero-order chi connectivity index (χ0) is 23.8. The van der Waals surface area contributed by atoms with E-state index in [0.29, 0.717) is 29.9 Å². The molecule has 2 aromatic carbocycles. The number of hydrogen-bond donors (Lipinski definition) is 2. The highest BCUT2D eigenvalue weighted by molar-refractivity contribution is 5.98. The Balaban J connectivity index is 1.58. The minimum atomic E-state index is -4.39. The van der Waals surface area contributed by atoms with Gasteiger partial charge in [-0.25, -0.2) is 0 Å². The van der Waals surface area contributed by atoms with E-state index < -0.39 is 17.7 Å². The van der Waals surface area contributed by atoms with Gasteiger partial charge in [0, 0.05) is 13.1 Å². The number of oxime groups is 1. The fourth-order valence-electron chi connectivity index (χ4n) is 4.08. The molecule has 2 N–H and O–H groups in total. The molecule has 0 unspecified atom stereocenters. The van der Waals surface area contributed by atoms with Crippen LogP contribution >= 0.6 is 0 Å². The molecule has 8 heteroatoms. The Morgan fingerprint density at radius 2 is 1.79 bits per heavy atom. The van der Waals surface area contributed by atoms with Gasteiger partial charge < -0.3 is 15.3 Å². The van der Waals surface area contributed by atoms with Gasteiger partial charge in [-0.1, -0.05) is 54.4 Å². The number of hydrogen-bond acceptors (Lipinski definition) is 4. The molecule has 178 valence electrons. The molecule has 0 atom stereocenters. The molecule has 0 bridgehead atoms. The summed E-state index contributed by atoms with van der Waals surface area (Å²) in [6, 6.07) is 12.0. The van der Waals surface area contributed by atoms with E-state index in [2.05, 4.69) is 10.5 Å². The van der Waals surface area contributed by atoms with E-state index in [1.165, 1.54) is 6.07 Å². The van der Waals surface area contributed by atoms with Gasteiger partial charge >= 0.3 is 12.1 Å². The number of nitrogens with one attached hydrogen (secondary N) is 1. The van der Waals surface area contributed by atoms with Crippen LogP contribution in [0.25, 0.3) is 0 Å². The highest BCUT2D eigenvalue weighted by Gasteiger charge is 2.36. The van der Waals surface area contributed by atoms with Crippen molar-refractivity contribution >= 4 is 11.7 Å². The van der Waals surface area contributed by atoms with Crippen molar-refractivity contribution in [3.8, 4) is 0 Å². The number of halogens is 3. The van der Waals surface area contributed by atoms with Crippen molar-refractivity contribution < 1.29 is 27.9 Å². The van der Waals surface area contributed by atoms with Crippen LogP contribution in [0.3, 0.4) is 0 Å². The molecular weight excluding hydrogens is 433 g/mol. The predicted octanol–water partition coefficient (Wildman–Crippen LogP) is 5.87. The Kier molecular flexibility index (Phi) is 8.49. The number of rotatable bonds is 10. The summed E-state index contributed by atoms with van der Waals surface area (Å²) in [5.74, 6) is -0.865. The normalized spacial score (nSPS) is 15.1. The monoisotopic (exact) mass is 462 g/mol. The van der Waals surface area contributed by atoms with Crippen LogP contribution in [0.2, 0.25) is 0 Å². The molecule has 33 heavy (non-hydrogen) atoms. The van der Waals surface area contributed by atoms with E-state index in [1.54, 1.807) is 19.1 Å². The Labute approximate surface area is 191 Å². The Morgan fingerprint density at radius 1 is 1.12 bits per heavy atom. The molecular formula is C25H29F3N2O3. The smallest absolute Gasteiger partial charge is 0.416 e. The average molecular weight is 463 g/mol. The second-order valence-corrected chi connectivity index (χ2v) is 8.37. The predicted molar refractivity (Wildman–Crippen MR) is 120 cm³/mol. The Bertz CT molecular complexity index is 966. The molecule has 1 aliphatic carbocycles. The zero-order valence-electron chi connectivity index (χ0n) is 18.6. The number of alkyl halides is 3. The van der Waals surface area contributed by atoms with Crippen LogP contribution in [0, 0.1) is 0 Å². The molecule has 2 aromatic rings. The molecule has 5 nitrogen and oxygen atoms in total. The van der Waals surface area contributed by atoms with E-state index in [0.717, 1.165) is 36.8 Å². The summed E-state index contributed by atoms with van der Waals surface area (Å²) in [5.41, 5.74) is 2.70. The molecule has 0 amide bonds. The topological polar surface area (TPSA) is 70.9 Å². The quantitative estimate of drug-likeness (QED) is 0.263. The molecule has 1 saturated carbocycles. The van der Waals surface area contributed by atoms with Gasteiger partial charge in [-0.15, -0.1) is 0 Å². The van der Waals surface area contributed by atoms with Crippen LogP contribution in [0.4, 0.5) is 13.2 Å². The van der Waals surface area contributed by atoms with Crippen molar-refractivity contribution in [1.29, 1.82) is 0 Å². The number of nitrogens with zero attached hydrogens (tertiary/aromatic N) is 1. The van der Waals surface area contributed by atoms with Gasteiger partial charge in [-0.05, 0) is 54.0 Å². The van der Waals surface area contributed by atoms with Crippen molar-refractivity contribution in [2.45, 2.75) is 64.3 Å². The molecule has 0 aliphatic heterocycles. The third-order valence-corrected chi connectivity index (χ3v) is 5.87. The highest BCUT2D eigenvalue weighted by atomic mass is 19.4. The van der Waals surface area contributed by atoms with Crippen LogP contribution < -0.4 is 5.32 Å². The minimum absolute atomic E-state index is 0.0211. The van der Waals surface area contributed by atoms with Crippen molar-refractivity contribution in [2.75, 3.05) is 6.54 Å². The average Bonchev–Trinajstić information content (AvgIpc) is 3.31. The van der Waals surface area contributed by atoms with Gasteiger partial charge in [0.05, 0.1) is 17.7 Å². The van der Waals surface area contributed by atoms with E-state index in [4.69, 9.17) is 9.94 Å². The fraction of sp³-hybridized carbons (Fsp3) is 0.440. The lowest BCUT2D eigenvalue weighted by Crippen LogP contribution is -2.17. The van der Waals surface area contributed by atoms with Crippen molar-refractivity contribution in [2.24, 2.45) is 5.16 Å². The molecule has 0 aromatic heterocycles. The maximum atomic E-state index is 13.6. The maximum Gasteiger partial charge on any atom is 0.416 e. The largest absolute Gasteiger partial charge is 0.481 e. The number of carboxylic acids is 1. The number of aliphatic carboxylic acids is 1. The summed E-state index contributed by atoms with van der Waals surface area (Å²) >= 11 is 0. The number of carbonyl (C=O) groups is 1. The first-order valence-corrected chi connectivity index (χ1v) is 11.1. The van der Waals surface area contributed by atoms with Crippen molar-refractivity contribution in [3.05, 3.63) is 70.3 Å². The maximum absolute atomic E-state index is 13.6. The molecule has 0 spiro atoms. The van der Waals surface area contributed by atoms with Crippen molar-refractivity contribution in [3.63, 3.8) is 0 Å². The van der Waals surface area contributed by atoms with Gasteiger partial charge in [0.2, 0.25) is 0 Å². The fourth-order valence-corrected chi connectivity index (χ4v) is 4.08. The lowest BCUT2D eigenvalue weighted by atomic mass is 9.91. The van der Waals surface area contributed by atoms with Crippen LogP contribution in [0.1, 0.15) is 72.8 Å². The van der Waals surface area contributed by atoms with Crippen LogP contribution in [0.15, 0.2) is 47.6 Å². The summed E-state index contributed by atoms with van der Waals surface area (Å²) in [7, 11) is 0. The molecule has 3 rings (SSSR count). The van der Waals surface area contributed by atoms with Gasteiger partial charge in [0.25, 0.3) is 0 Å². The highest BCUT2D eigenvalue weighted by Crippen LogP contribution is 2.41. The zero-order valence-corrected chi connectivity index (χ0v) is 18.6. The lowest BCUT2D eigenvalue weighted by molar-refractivity contribution is -0.138. The van der Waals surface area contributed by atoms with E-state index in [9.17, 15) is 18.0 Å². The van der Waals surface area contributed by atoms with Crippen LogP contribution in [-0.2, 0) is 29.0 Å². The third kappa shape index (κ3) is 7.32.